The van der Waals surface area contributed by atoms with Crippen LogP contribution in [0.1, 0.15) is 105 Å². The highest BCUT2D eigenvalue weighted by Crippen LogP contribution is 2.67. The molecular formula is C47H38N4O+2. The maximum Gasteiger partial charge on any atom is 0.378 e. The first-order valence-corrected chi connectivity index (χ1v) is 19.4. The summed E-state index contributed by atoms with van der Waals surface area (Å²) in [7, 11) is 0. The van der Waals surface area contributed by atoms with Gasteiger partial charge in [0.15, 0.2) is 11.4 Å². The fourth-order valence-corrected chi connectivity index (χ4v) is 12.4. The molecule has 0 bridgehead atoms. The highest BCUT2D eigenvalue weighted by molar-refractivity contribution is 6.13. The lowest BCUT2D eigenvalue weighted by atomic mass is 9.64. The van der Waals surface area contributed by atoms with Gasteiger partial charge in [0.25, 0.3) is 11.5 Å². The van der Waals surface area contributed by atoms with Crippen molar-refractivity contribution in [3.05, 3.63) is 130 Å². The molecule has 3 aromatic heterocycles. The summed E-state index contributed by atoms with van der Waals surface area (Å²) in [6, 6.07) is 35.5. The minimum absolute atomic E-state index is 0.197. The Labute approximate surface area is 302 Å². The largest absolute Gasteiger partial charge is 0.404 e. The summed E-state index contributed by atoms with van der Waals surface area (Å²) in [4.78, 5) is 2.71. The van der Waals surface area contributed by atoms with Crippen molar-refractivity contribution in [2.45, 2.75) is 82.2 Å². The predicted octanol–water partition coefficient (Wildman–Crippen LogP) is 10.2. The van der Waals surface area contributed by atoms with Gasteiger partial charge in [-0.05, 0) is 60.7 Å². The van der Waals surface area contributed by atoms with E-state index in [0.29, 0.717) is 5.92 Å². The molecule has 1 spiro atoms. The maximum absolute atomic E-state index is 7.26. The third kappa shape index (κ3) is 2.54. The SMILES string of the molecule is CC1(C)c2cccc3c2N2c4c1ccc1c4C45c6c(ccc7c8ccccc8n-1c67)Oc1cc(C6CCCCC6)cc([n+]14)-c1ccc(c2[n+]15)C3(C)C. The van der Waals surface area contributed by atoms with Crippen LogP contribution in [0.2, 0.25) is 0 Å². The normalized spacial score (nSPS) is 21.9. The zero-order chi connectivity index (χ0) is 34.2. The lowest BCUT2D eigenvalue weighted by Gasteiger charge is -2.49. The number of fused-ring (bicyclic) bond motifs is 5. The molecule has 1 unspecified atom stereocenters. The minimum Gasteiger partial charge on any atom is -0.404 e. The van der Waals surface area contributed by atoms with E-state index in [-0.39, 0.29) is 10.8 Å². The molecule has 5 nitrogen and oxygen atoms in total. The Morgan fingerprint density at radius 1 is 0.654 bits per heavy atom. The topological polar surface area (TPSA) is 25.2 Å². The Hall–Kier alpha value is -5.42. The van der Waals surface area contributed by atoms with Crippen LogP contribution in [0, 0.1) is 0 Å². The van der Waals surface area contributed by atoms with E-state index in [1.165, 1.54) is 127 Å². The smallest absolute Gasteiger partial charge is 0.378 e. The molecule has 0 saturated heterocycles. The first-order chi connectivity index (χ1) is 25.3. The first kappa shape index (κ1) is 27.3. The number of rotatable bonds is 1. The van der Waals surface area contributed by atoms with Crippen molar-refractivity contribution in [3.63, 3.8) is 0 Å². The van der Waals surface area contributed by atoms with Crippen molar-refractivity contribution in [2.24, 2.45) is 0 Å². The zero-order valence-electron chi connectivity index (χ0n) is 30.0. The number of para-hydroxylation sites is 2. The van der Waals surface area contributed by atoms with Gasteiger partial charge in [-0.15, -0.1) is 9.13 Å². The van der Waals surface area contributed by atoms with Gasteiger partial charge in [-0.1, -0.05) is 89.4 Å². The van der Waals surface area contributed by atoms with Crippen molar-refractivity contribution in [2.75, 3.05) is 4.90 Å². The van der Waals surface area contributed by atoms with Crippen molar-refractivity contribution in [1.29, 1.82) is 0 Å². The number of aromatic nitrogens is 3. The second-order valence-corrected chi connectivity index (χ2v) is 17.6. The van der Waals surface area contributed by atoms with E-state index >= 15 is 0 Å². The molecule has 1 saturated carbocycles. The third-order valence-electron chi connectivity index (χ3n) is 14.6. The van der Waals surface area contributed by atoms with E-state index in [0.717, 1.165) is 11.6 Å². The van der Waals surface area contributed by atoms with Gasteiger partial charge in [-0.25, -0.2) is 0 Å². The summed E-state index contributed by atoms with van der Waals surface area (Å²) < 4.78 is 15.2. The molecule has 0 N–H and O–H groups in total. The molecule has 1 aliphatic carbocycles. The van der Waals surface area contributed by atoms with Crippen molar-refractivity contribution < 1.29 is 13.9 Å². The lowest BCUT2D eigenvalue weighted by molar-refractivity contribution is -0.936. The van der Waals surface area contributed by atoms with Crippen molar-refractivity contribution in [1.82, 2.24) is 4.57 Å². The quantitative estimate of drug-likeness (QED) is 0.162. The second-order valence-electron chi connectivity index (χ2n) is 17.6. The number of nitrogens with zero attached hydrogens (tertiary/aromatic N) is 4. The number of ether oxygens (including phenoxy) is 1. The van der Waals surface area contributed by atoms with Crippen LogP contribution in [0.3, 0.4) is 0 Å². The van der Waals surface area contributed by atoms with Crippen LogP contribution in [0.5, 0.6) is 11.6 Å². The van der Waals surface area contributed by atoms with E-state index in [4.69, 9.17) is 4.74 Å². The number of anilines is 3. The number of benzene rings is 4. The third-order valence-corrected chi connectivity index (χ3v) is 14.6. The molecule has 6 aliphatic heterocycles. The Balaban J connectivity index is 1.27. The van der Waals surface area contributed by atoms with Crippen molar-refractivity contribution >= 4 is 39.0 Å². The van der Waals surface area contributed by atoms with Gasteiger partial charge in [0, 0.05) is 44.4 Å². The number of hydrogen-bond acceptors (Lipinski definition) is 2. The van der Waals surface area contributed by atoms with Gasteiger partial charge in [0.2, 0.25) is 5.69 Å². The average molecular weight is 675 g/mol. The summed E-state index contributed by atoms with van der Waals surface area (Å²) in [5.74, 6) is 3.82. The van der Waals surface area contributed by atoms with Gasteiger partial charge in [-0.2, -0.15) is 4.90 Å². The molecule has 1 atom stereocenters. The molecule has 7 aliphatic rings. The molecule has 9 heterocycles. The molecule has 7 aromatic rings. The summed E-state index contributed by atoms with van der Waals surface area (Å²) in [6.45, 7) is 9.79. The Kier molecular flexibility index (Phi) is 4.26. The van der Waals surface area contributed by atoms with Crippen LogP contribution in [-0.2, 0) is 16.5 Å². The lowest BCUT2D eigenvalue weighted by Crippen LogP contribution is -2.76. The predicted molar refractivity (Wildman–Crippen MR) is 203 cm³/mol. The Morgan fingerprint density at radius 2 is 1.42 bits per heavy atom. The van der Waals surface area contributed by atoms with Crippen molar-refractivity contribution in [3.8, 4) is 28.7 Å². The second kappa shape index (κ2) is 8.13. The first-order valence-electron chi connectivity index (χ1n) is 19.4. The summed E-state index contributed by atoms with van der Waals surface area (Å²) in [6.07, 6.45) is 6.46. The molecule has 250 valence electrons. The Morgan fingerprint density at radius 3 is 2.27 bits per heavy atom. The van der Waals surface area contributed by atoms with Crippen LogP contribution < -0.4 is 18.8 Å². The van der Waals surface area contributed by atoms with Crippen LogP contribution in [-0.4, -0.2) is 4.57 Å². The van der Waals surface area contributed by atoms with Crippen LogP contribution in [0.4, 0.5) is 17.2 Å². The monoisotopic (exact) mass is 674 g/mol. The van der Waals surface area contributed by atoms with Gasteiger partial charge in [0.05, 0.1) is 28.4 Å². The molecule has 52 heavy (non-hydrogen) atoms. The molecule has 0 amide bonds. The van der Waals surface area contributed by atoms with E-state index in [1.54, 1.807) is 0 Å². The van der Waals surface area contributed by atoms with Crippen LogP contribution >= 0.6 is 0 Å². The van der Waals surface area contributed by atoms with E-state index in [2.05, 4.69) is 137 Å². The molecule has 4 aromatic carbocycles. The standard InChI is InChI=1S/C47H38N4O/c1-45(2)29-14-10-15-30-42(29)49-43-31(45)18-21-35-39(43)47-40-37(22-17-28-27-13-8-9-16-33(27)48(35)41(28)40)52-38-24-26(25-11-6-5-7-12-25)23-36(50(38)47)34-20-19-32(46(30,3)4)44(49)51(34)47/h8-10,13-25H,5-7,11-12H2,1-4H3/q+2. The summed E-state index contributed by atoms with van der Waals surface area (Å²) >= 11 is 0. The van der Waals surface area contributed by atoms with Gasteiger partial charge in [0.1, 0.15) is 16.8 Å². The molecule has 0 radical (unpaired) electrons. The van der Waals surface area contributed by atoms with Crippen LogP contribution in [0.25, 0.3) is 38.9 Å². The molecule has 1 fully saturated rings. The molecule has 14 rings (SSSR count). The molecular weight excluding hydrogens is 637 g/mol. The number of hydrogen-bond donors (Lipinski definition) is 0. The van der Waals surface area contributed by atoms with Gasteiger partial charge in [-0.3, -0.25) is 0 Å². The fraction of sp³-hybridized carbons (Fsp3) is 0.277. The Bertz CT molecular complexity index is 2930. The van der Waals surface area contributed by atoms with Gasteiger partial charge >= 0.3 is 11.5 Å². The van der Waals surface area contributed by atoms with Crippen LogP contribution in [0.15, 0.2) is 91.0 Å². The van der Waals surface area contributed by atoms with Gasteiger partial charge < -0.3 is 9.30 Å². The summed E-state index contributed by atoms with van der Waals surface area (Å²) in [5.41, 5.74) is 17.7. The molecule has 5 heteroatoms. The average Bonchev–Trinajstić information content (AvgIpc) is 3.66. The number of pyridine rings is 2. The fourth-order valence-electron chi connectivity index (χ4n) is 12.4. The highest BCUT2D eigenvalue weighted by Gasteiger charge is 2.74. The van der Waals surface area contributed by atoms with E-state index in [9.17, 15) is 0 Å². The van der Waals surface area contributed by atoms with E-state index < -0.39 is 5.66 Å². The highest BCUT2D eigenvalue weighted by atomic mass is 16.5. The van der Waals surface area contributed by atoms with E-state index in [1.807, 2.05) is 0 Å². The zero-order valence-corrected chi connectivity index (χ0v) is 30.0. The minimum atomic E-state index is -0.652. The summed E-state index contributed by atoms with van der Waals surface area (Å²) in [5, 5.41) is 2.58. The maximum atomic E-state index is 7.26.